The third-order valence-electron chi connectivity index (χ3n) is 2.52. The number of phenols is 4. The molecule has 1 aliphatic rings. The number of ketones is 2. The fourth-order valence-electron chi connectivity index (χ4n) is 1.34. The summed E-state index contributed by atoms with van der Waals surface area (Å²) < 4.78 is 0. The van der Waals surface area contributed by atoms with Crippen molar-refractivity contribution in [3.63, 3.8) is 0 Å². The van der Waals surface area contributed by atoms with E-state index >= 15 is 0 Å². The summed E-state index contributed by atoms with van der Waals surface area (Å²) in [4.78, 5) is 20.6. The zero-order valence-electron chi connectivity index (χ0n) is 12.5. The molecule has 0 unspecified atom stereocenters. The van der Waals surface area contributed by atoms with Gasteiger partial charge in [0.25, 0.3) is 0 Å². The van der Waals surface area contributed by atoms with Crippen LogP contribution in [-0.4, -0.2) is 32.0 Å². The molecule has 3 rings (SSSR count). The molecule has 0 saturated carbocycles. The highest BCUT2D eigenvalue weighted by Crippen LogP contribution is 2.13. The van der Waals surface area contributed by atoms with Gasteiger partial charge in [-0.2, -0.15) is 0 Å². The molecular formula is C18H16O6. The molecule has 0 amide bonds. The fourth-order valence-corrected chi connectivity index (χ4v) is 1.34. The number of hydrogen-bond acceptors (Lipinski definition) is 6. The molecule has 0 heterocycles. The molecule has 0 saturated heterocycles. The fraction of sp³-hybridized carbons (Fsp3) is 0. The molecule has 24 heavy (non-hydrogen) atoms. The van der Waals surface area contributed by atoms with Crippen LogP contribution in [0.2, 0.25) is 0 Å². The van der Waals surface area contributed by atoms with Crippen molar-refractivity contribution in [2.75, 3.05) is 0 Å². The Bertz CT molecular complexity index is 604. The normalized spacial score (nSPS) is 11.8. The minimum atomic E-state index is -0.121. The van der Waals surface area contributed by atoms with Crippen molar-refractivity contribution in [2.24, 2.45) is 0 Å². The first kappa shape index (κ1) is 18.5. The van der Waals surface area contributed by atoms with Crippen LogP contribution in [0.25, 0.3) is 0 Å². The summed E-state index contributed by atoms with van der Waals surface area (Å²) >= 11 is 0. The van der Waals surface area contributed by atoms with E-state index in [1.54, 1.807) is 0 Å². The maximum Gasteiger partial charge on any atom is 0.178 e. The Kier molecular flexibility index (Phi) is 7.30. The second kappa shape index (κ2) is 9.47. The number of benzene rings is 2. The van der Waals surface area contributed by atoms with Gasteiger partial charge in [-0.3, -0.25) is 9.59 Å². The maximum absolute atomic E-state index is 10.3. The lowest BCUT2D eigenvalue weighted by atomic mass is 10.2. The number of aromatic hydroxyl groups is 4. The number of rotatable bonds is 0. The van der Waals surface area contributed by atoms with Gasteiger partial charge < -0.3 is 20.4 Å². The van der Waals surface area contributed by atoms with E-state index < -0.39 is 0 Å². The largest absolute Gasteiger partial charge is 0.508 e. The number of carbonyl (C=O) groups excluding carboxylic acids is 2. The van der Waals surface area contributed by atoms with E-state index in [4.69, 9.17) is 20.4 Å². The molecule has 1 aliphatic carbocycles. The molecule has 0 spiro atoms. The third-order valence-corrected chi connectivity index (χ3v) is 2.52. The predicted molar refractivity (Wildman–Crippen MR) is 87.8 cm³/mol. The molecule has 124 valence electrons. The summed E-state index contributed by atoms with van der Waals surface area (Å²) in [6.07, 6.45) is 5.01. The number of carbonyl (C=O) groups is 2. The van der Waals surface area contributed by atoms with Gasteiger partial charge in [0.1, 0.15) is 23.0 Å². The Morgan fingerprint density at radius 1 is 0.417 bits per heavy atom. The average molecular weight is 328 g/mol. The number of phenolic OH excluding ortho intramolecular Hbond substituents is 4. The molecule has 0 aliphatic heterocycles. The molecule has 0 aromatic heterocycles. The van der Waals surface area contributed by atoms with Crippen LogP contribution < -0.4 is 0 Å². The first-order valence-corrected chi connectivity index (χ1v) is 6.77. The Hall–Kier alpha value is -3.54. The zero-order chi connectivity index (χ0) is 17.9. The molecule has 0 radical (unpaired) electrons. The van der Waals surface area contributed by atoms with E-state index in [0.29, 0.717) is 0 Å². The predicted octanol–water partition coefficient (Wildman–Crippen LogP) is 2.45. The molecule has 0 bridgehead atoms. The van der Waals surface area contributed by atoms with E-state index in [9.17, 15) is 9.59 Å². The Labute approximate surface area is 138 Å². The van der Waals surface area contributed by atoms with Gasteiger partial charge in [-0.15, -0.1) is 0 Å². The molecule has 6 nitrogen and oxygen atoms in total. The van der Waals surface area contributed by atoms with Crippen molar-refractivity contribution >= 4 is 11.6 Å². The van der Waals surface area contributed by atoms with E-state index in [2.05, 4.69) is 0 Å². The van der Waals surface area contributed by atoms with Crippen LogP contribution in [0.15, 0.2) is 72.8 Å². The van der Waals surface area contributed by atoms with Crippen LogP contribution in [0.1, 0.15) is 0 Å². The molecule has 2 aromatic carbocycles. The highest BCUT2D eigenvalue weighted by Gasteiger charge is 1.97. The molecular weight excluding hydrogens is 312 g/mol. The summed E-state index contributed by atoms with van der Waals surface area (Å²) in [6.45, 7) is 0. The van der Waals surface area contributed by atoms with Gasteiger partial charge in [0.2, 0.25) is 0 Å². The van der Waals surface area contributed by atoms with E-state index in [-0.39, 0.29) is 34.6 Å². The Morgan fingerprint density at radius 2 is 0.583 bits per heavy atom. The van der Waals surface area contributed by atoms with E-state index in [1.807, 2.05) is 0 Å². The summed E-state index contributed by atoms with van der Waals surface area (Å²) in [5.41, 5.74) is 0. The van der Waals surface area contributed by atoms with Crippen molar-refractivity contribution in [3.8, 4) is 23.0 Å². The summed E-state index contributed by atoms with van der Waals surface area (Å²) in [5, 5.41) is 34.6. The van der Waals surface area contributed by atoms with Gasteiger partial charge in [-0.1, -0.05) is 0 Å². The molecule has 0 atom stereocenters. The minimum absolute atomic E-state index is 0.121. The molecule has 0 fully saturated rings. The van der Waals surface area contributed by atoms with Gasteiger partial charge in [0.15, 0.2) is 11.6 Å². The van der Waals surface area contributed by atoms with E-state index in [0.717, 1.165) is 0 Å². The standard InChI is InChI=1S/2C6H6O2.C6H4O2/c3*7-5-1-2-6(8)4-3-5/h2*1-4,7-8H;1-4H. The topological polar surface area (TPSA) is 115 Å². The molecule has 6 heteroatoms. The van der Waals surface area contributed by atoms with Crippen LogP contribution in [0, 0.1) is 0 Å². The van der Waals surface area contributed by atoms with Crippen molar-refractivity contribution < 1.29 is 30.0 Å². The van der Waals surface area contributed by atoms with Crippen molar-refractivity contribution in [2.45, 2.75) is 0 Å². The average Bonchev–Trinajstić information content (AvgIpc) is 2.57. The van der Waals surface area contributed by atoms with Crippen molar-refractivity contribution in [1.82, 2.24) is 0 Å². The second-order valence-electron chi connectivity index (χ2n) is 4.50. The SMILES string of the molecule is O=C1C=CC(=O)C=C1.Oc1ccc(O)cc1.Oc1ccc(O)cc1. The monoisotopic (exact) mass is 328 g/mol. The zero-order valence-corrected chi connectivity index (χ0v) is 12.5. The quantitative estimate of drug-likeness (QED) is 0.436. The molecule has 2 aromatic rings. The third kappa shape index (κ3) is 8.04. The molecule has 4 N–H and O–H groups in total. The smallest absolute Gasteiger partial charge is 0.178 e. The highest BCUT2D eigenvalue weighted by molar-refractivity contribution is 6.14. The second-order valence-corrected chi connectivity index (χ2v) is 4.50. The van der Waals surface area contributed by atoms with Gasteiger partial charge in [-0.25, -0.2) is 0 Å². The summed E-state index contributed by atoms with van der Waals surface area (Å²) in [7, 11) is 0. The van der Waals surface area contributed by atoms with Crippen molar-refractivity contribution in [3.05, 3.63) is 72.8 Å². The van der Waals surface area contributed by atoms with Gasteiger partial charge in [-0.05, 0) is 72.8 Å². The Balaban J connectivity index is 0.000000180. The van der Waals surface area contributed by atoms with Crippen LogP contribution in [0.3, 0.4) is 0 Å². The van der Waals surface area contributed by atoms with Crippen LogP contribution >= 0.6 is 0 Å². The van der Waals surface area contributed by atoms with Crippen LogP contribution in [-0.2, 0) is 9.59 Å². The number of hydrogen-bond donors (Lipinski definition) is 4. The minimum Gasteiger partial charge on any atom is -0.508 e. The first-order chi connectivity index (χ1) is 11.4. The highest BCUT2D eigenvalue weighted by atomic mass is 16.3. The van der Waals surface area contributed by atoms with Crippen LogP contribution in [0.4, 0.5) is 0 Å². The lowest BCUT2D eigenvalue weighted by molar-refractivity contribution is -0.113. The van der Waals surface area contributed by atoms with Gasteiger partial charge in [0.05, 0.1) is 0 Å². The van der Waals surface area contributed by atoms with Crippen LogP contribution in [0.5, 0.6) is 23.0 Å². The maximum atomic E-state index is 10.3. The summed E-state index contributed by atoms with van der Waals surface area (Å²) in [5.74, 6) is 0.436. The van der Waals surface area contributed by atoms with Gasteiger partial charge >= 0.3 is 0 Å². The summed E-state index contributed by atoms with van der Waals surface area (Å²) in [6, 6.07) is 11.4. The first-order valence-electron chi connectivity index (χ1n) is 6.77. The Morgan fingerprint density at radius 3 is 0.750 bits per heavy atom. The lowest BCUT2D eigenvalue weighted by Crippen LogP contribution is -1.97. The van der Waals surface area contributed by atoms with Gasteiger partial charge in [0, 0.05) is 0 Å². The number of allylic oxidation sites excluding steroid dienone is 4. The van der Waals surface area contributed by atoms with Crippen molar-refractivity contribution in [1.29, 1.82) is 0 Å². The lowest BCUT2D eigenvalue weighted by Gasteiger charge is -1.88. The van der Waals surface area contributed by atoms with E-state index in [1.165, 1.54) is 72.8 Å².